The van der Waals surface area contributed by atoms with Gasteiger partial charge in [0, 0.05) is 17.3 Å². The number of thiazole rings is 1. The van der Waals surface area contributed by atoms with Crippen molar-refractivity contribution in [1.82, 2.24) is 4.98 Å². The Morgan fingerprint density at radius 3 is 3.00 bits per heavy atom. The maximum absolute atomic E-state index is 13.1. The standard InChI is InChI=1S/C14H10ClFN2S/c15-12-3-1-10(16)5-9(12)7-17-11-2-4-13-14(6-11)19-8-18-13/h1-6,8,17H,7H2. The summed E-state index contributed by atoms with van der Waals surface area (Å²) in [6, 6.07) is 10.3. The topological polar surface area (TPSA) is 24.9 Å². The number of anilines is 1. The second-order valence-electron chi connectivity index (χ2n) is 4.12. The van der Waals surface area contributed by atoms with E-state index in [1.165, 1.54) is 12.1 Å². The second-order valence-corrected chi connectivity index (χ2v) is 5.42. The Morgan fingerprint density at radius 2 is 2.11 bits per heavy atom. The first-order valence-corrected chi connectivity index (χ1v) is 6.99. The van der Waals surface area contributed by atoms with E-state index in [1.54, 1.807) is 17.4 Å². The Hall–Kier alpha value is -1.65. The van der Waals surface area contributed by atoms with E-state index < -0.39 is 0 Å². The Kier molecular flexibility index (Phi) is 3.36. The number of halogens is 2. The van der Waals surface area contributed by atoms with Crippen LogP contribution in [0, 0.1) is 5.82 Å². The van der Waals surface area contributed by atoms with Crippen LogP contribution in [0.15, 0.2) is 41.9 Å². The van der Waals surface area contributed by atoms with E-state index in [0.717, 1.165) is 21.5 Å². The molecule has 96 valence electrons. The van der Waals surface area contributed by atoms with Gasteiger partial charge >= 0.3 is 0 Å². The van der Waals surface area contributed by atoms with Crippen molar-refractivity contribution in [1.29, 1.82) is 0 Å². The smallest absolute Gasteiger partial charge is 0.123 e. The number of fused-ring (bicyclic) bond motifs is 1. The van der Waals surface area contributed by atoms with Crippen molar-refractivity contribution >= 4 is 38.8 Å². The summed E-state index contributed by atoms with van der Waals surface area (Å²) in [7, 11) is 0. The fraction of sp³-hybridized carbons (Fsp3) is 0.0714. The molecule has 3 rings (SSSR count). The molecule has 0 spiro atoms. The minimum atomic E-state index is -0.279. The van der Waals surface area contributed by atoms with E-state index in [1.807, 2.05) is 23.7 Å². The maximum Gasteiger partial charge on any atom is 0.123 e. The molecule has 0 aliphatic heterocycles. The summed E-state index contributed by atoms with van der Waals surface area (Å²) in [6.45, 7) is 0.487. The van der Waals surface area contributed by atoms with Gasteiger partial charge in [-0.2, -0.15) is 0 Å². The quantitative estimate of drug-likeness (QED) is 0.757. The zero-order valence-electron chi connectivity index (χ0n) is 9.86. The highest BCUT2D eigenvalue weighted by Gasteiger charge is 2.03. The van der Waals surface area contributed by atoms with Gasteiger partial charge in [0.05, 0.1) is 15.7 Å². The summed E-state index contributed by atoms with van der Waals surface area (Å²) in [5.74, 6) is -0.279. The molecule has 2 aromatic carbocycles. The van der Waals surface area contributed by atoms with Gasteiger partial charge in [0.2, 0.25) is 0 Å². The van der Waals surface area contributed by atoms with Gasteiger partial charge in [-0.25, -0.2) is 9.37 Å². The molecule has 3 aromatic rings. The highest BCUT2D eigenvalue weighted by Crippen LogP contribution is 2.23. The van der Waals surface area contributed by atoms with Gasteiger partial charge in [0.1, 0.15) is 5.82 Å². The first-order valence-electron chi connectivity index (χ1n) is 5.73. The molecule has 0 unspecified atom stereocenters. The molecule has 1 heterocycles. The van der Waals surface area contributed by atoms with E-state index in [2.05, 4.69) is 10.3 Å². The summed E-state index contributed by atoms with van der Waals surface area (Å²) in [5, 5.41) is 3.80. The van der Waals surface area contributed by atoms with Crippen molar-refractivity contribution in [3.63, 3.8) is 0 Å². The van der Waals surface area contributed by atoms with Crippen LogP contribution in [-0.2, 0) is 6.54 Å². The number of rotatable bonds is 3. The van der Waals surface area contributed by atoms with Gasteiger partial charge < -0.3 is 5.32 Å². The SMILES string of the molecule is Fc1ccc(Cl)c(CNc2ccc3ncsc3c2)c1. The van der Waals surface area contributed by atoms with Crippen LogP contribution < -0.4 is 5.32 Å². The zero-order chi connectivity index (χ0) is 13.2. The number of nitrogens with one attached hydrogen (secondary N) is 1. The van der Waals surface area contributed by atoms with Crippen molar-refractivity contribution in [3.05, 3.63) is 58.3 Å². The van der Waals surface area contributed by atoms with Gasteiger partial charge in [-0.1, -0.05) is 11.6 Å². The molecule has 0 aliphatic carbocycles. The predicted octanol–water partition coefficient (Wildman–Crippen LogP) is 4.70. The first kappa shape index (κ1) is 12.4. The minimum Gasteiger partial charge on any atom is -0.381 e. The Bertz CT molecular complexity index is 726. The molecule has 0 fully saturated rings. The van der Waals surface area contributed by atoms with E-state index in [9.17, 15) is 4.39 Å². The molecule has 0 atom stereocenters. The van der Waals surface area contributed by atoms with E-state index >= 15 is 0 Å². The van der Waals surface area contributed by atoms with Gasteiger partial charge in [-0.3, -0.25) is 0 Å². The lowest BCUT2D eigenvalue weighted by Gasteiger charge is -2.08. The van der Waals surface area contributed by atoms with E-state index in [-0.39, 0.29) is 5.82 Å². The first-order chi connectivity index (χ1) is 9.22. The third-order valence-corrected chi connectivity index (χ3v) is 3.98. The maximum atomic E-state index is 13.1. The van der Waals surface area contributed by atoms with Crippen LogP contribution >= 0.6 is 22.9 Å². The average molecular weight is 293 g/mol. The van der Waals surface area contributed by atoms with Crippen molar-refractivity contribution in [2.45, 2.75) is 6.54 Å². The molecule has 0 saturated heterocycles. The molecule has 0 radical (unpaired) electrons. The Morgan fingerprint density at radius 1 is 1.21 bits per heavy atom. The lowest BCUT2D eigenvalue weighted by Crippen LogP contribution is -2.00. The van der Waals surface area contributed by atoms with Crippen molar-refractivity contribution in [2.24, 2.45) is 0 Å². The van der Waals surface area contributed by atoms with Crippen LogP contribution in [0.3, 0.4) is 0 Å². The highest BCUT2D eigenvalue weighted by molar-refractivity contribution is 7.16. The number of nitrogens with zero attached hydrogens (tertiary/aromatic N) is 1. The Balaban J connectivity index is 1.79. The van der Waals surface area contributed by atoms with Crippen molar-refractivity contribution < 1.29 is 4.39 Å². The normalized spacial score (nSPS) is 10.8. The summed E-state index contributed by atoms with van der Waals surface area (Å²) < 4.78 is 14.3. The Labute approximate surface area is 118 Å². The lowest BCUT2D eigenvalue weighted by molar-refractivity contribution is 0.626. The molecular formula is C14H10ClFN2S. The van der Waals surface area contributed by atoms with Crippen LogP contribution in [0.25, 0.3) is 10.2 Å². The average Bonchev–Trinajstić information content (AvgIpc) is 2.87. The monoisotopic (exact) mass is 292 g/mol. The third kappa shape index (κ3) is 2.69. The fourth-order valence-electron chi connectivity index (χ4n) is 1.84. The number of benzene rings is 2. The molecule has 0 amide bonds. The highest BCUT2D eigenvalue weighted by atomic mass is 35.5. The van der Waals surface area contributed by atoms with Gasteiger partial charge in [0.15, 0.2) is 0 Å². The second kappa shape index (κ2) is 5.15. The number of hydrogen-bond donors (Lipinski definition) is 1. The lowest BCUT2D eigenvalue weighted by atomic mass is 10.2. The van der Waals surface area contributed by atoms with Crippen LogP contribution in [-0.4, -0.2) is 4.98 Å². The molecular weight excluding hydrogens is 283 g/mol. The van der Waals surface area contributed by atoms with Crippen LogP contribution in [0.4, 0.5) is 10.1 Å². The molecule has 1 N–H and O–H groups in total. The molecule has 0 saturated carbocycles. The molecule has 5 heteroatoms. The summed E-state index contributed by atoms with van der Waals surface area (Å²) in [4.78, 5) is 4.22. The van der Waals surface area contributed by atoms with E-state index in [0.29, 0.717) is 11.6 Å². The van der Waals surface area contributed by atoms with Crippen LogP contribution in [0.1, 0.15) is 5.56 Å². The van der Waals surface area contributed by atoms with Crippen molar-refractivity contribution in [2.75, 3.05) is 5.32 Å². The molecule has 2 nitrogen and oxygen atoms in total. The summed E-state index contributed by atoms with van der Waals surface area (Å²) in [6.07, 6.45) is 0. The summed E-state index contributed by atoms with van der Waals surface area (Å²) >= 11 is 7.62. The molecule has 19 heavy (non-hydrogen) atoms. The molecule has 0 bridgehead atoms. The number of aromatic nitrogens is 1. The molecule has 1 aromatic heterocycles. The van der Waals surface area contributed by atoms with E-state index in [4.69, 9.17) is 11.6 Å². The minimum absolute atomic E-state index is 0.279. The zero-order valence-corrected chi connectivity index (χ0v) is 11.4. The fourth-order valence-corrected chi connectivity index (χ4v) is 2.74. The van der Waals surface area contributed by atoms with Gasteiger partial charge in [-0.15, -0.1) is 11.3 Å². The van der Waals surface area contributed by atoms with Crippen molar-refractivity contribution in [3.8, 4) is 0 Å². The van der Waals surface area contributed by atoms with Gasteiger partial charge in [-0.05, 0) is 42.0 Å². The van der Waals surface area contributed by atoms with Gasteiger partial charge in [0.25, 0.3) is 0 Å². The molecule has 0 aliphatic rings. The summed E-state index contributed by atoms with van der Waals surface area (Å²) in [5.41, 5.74) is 4.51. The third-order valence-electron chi connectivity index (χ3n) is 2.82. The largest absolute Gasteiger partial charge is 0.381 e. The predicted molar refractivity (Wildman–Crippen MR) is 78.4 cm³/mol. The van der Waals surface area contributed by atoms with Crippen LogP contribution in [0.2, 0.25) is 5.02 Å². The number of hydrogen-bond acceptors (Lipinski definition) is 3. The van der Waals surface area contributed by atoms with Crippen LogP contribution in [0.5, 0.6) is 0 Å².